The predicted octanol–water partition coefficient (Wildman–Crippen LogP) is 21.0. The molecule has 0 aromatic carbocycles. The van der Waals surface area contributed by atoms with E-state index in [1.807, 2.05) is 0 Å². The van der Waals surface area contributed by atoms with Gasteiger partial charge in [0.15, 0.2) is 6.10 Å². The summed E-state index contributed by atoms with van der Waals surface area (Å²) in [6.45, 7) is 6.40. The Morgan fingerprint density at radius 3 is 0.824 bits per heavy atom. The largest absolute Gasteiger partial charge is 0.462 e. The summed E-state index contributed by atoms with van der Waals surface area (Å²) in [6.07, 6.45) is 83.6. The molecule has 0 radical (unpaired) electrons. The Hall–Kier alpha value is -3.93. The lowest BCUT2D eigenvalue weighted by Gasteiger charge is -2.18. The maximum absolute atomic E-state index is 12.9. The molecular weight excluding hydrogens is 913 g/mol. The maximum atomic E-state index is 12.9. The third-order valence-corrected chi connectivity index (χ3v) is 13.0. The molecule has 0 fully saturated rings. The molecule has 0 amide bonds. The third-order valence-electron chi connectivity index (χ3n) is 13.0. The van der Waals surface area contributed by atoms with Crippen molar-refractivity contribution in [1.29, 1.82) is 0 Å². The standard InChI is InChI=1S/C68H114O6/c1-4-7-10-13-16-19-22-25-28-31-33-34-35-38-40-43-46-49-52-55-58-61-67(70)73-64-65(63-72-66(69)60-57-54-51-48-45-42-39-36-30-27-24-21-18-15-12-9-6-3)74-68(71)62-59-56-53-50-47-44-41-37-32-29-26-23-20-17-14-11-8-5-2/h7,9-10,12,16,18-21,23,25,27-30,32-34,65H,4-6,8,11,13-15,17,22,24,26,31,35-64H2,1-3H3/b10-7-,12-9-,19-16-,21-18-,23-20-,28-25-,30-27-,32-29-,34-33-. The SMILES string of the molecule is CC/C=C\C/C=C\C/C=C\C/C=C\CCCCCCCCCCC(=O)OCC(COC(=O)CCCCCCCCC/C=C\C/C=C\C/C=C\CC)OC(=O)CCCCCCCCC/C=C\C/C=C\CCCCCC. The second kappa shape index (κ2) is 61.6. The quantitative estimate of drug-likeness (QED) is 0.0261. The molecular formula is C68H114O6. The van der Waals surface area contributed by atoms with Crippen molar-refractivity contribution in [3.63, 3.8) is 0 Å². The van der Waals surface area contributed by atoms with Gasteiger partial charge in [0.2, 0.25) is 0 Å². The van der Waals surface area contributed by atoms with E-state index in [-0.39, 0.29) is 31.1 Å². The van der Waals surface area contributed by atoms with Gasteiger partial charge in [0.25, 0.3) is 0 Å². The second-order valence-corrected chi connectivity index (χ2v) is 20.2. The zero-order chi connectivity index (χ0) is 53.6. The van der Waals surface area contributed by atoms with Crippen molar-refractivity contribution in [2.45, 2.75) is 290 Å². The van der Waals surface area contributed by atoms with Crippen LogP contribution in [0.4, 0.5) is 0 Å². The molecule has 0 N–H and O–H groups in total. The Labute approximate surface area is 457 Å². The number of hydrogen-bond donors (Lipinski definition) is 0. The number of allylic oxidation sites excluding steroid dienone is 18. The van der Waals surface area contributed by atoms with Crippen molar-refractivity contribution in [2.24, 2.45) is 0 Å². The molecule has 0 aliphatic rings. The molecule has 0 aliphatic carbocycles. The number of esters is 3. The fourth-order valence-electron chi connectivity index (χ4n) is 8.42. The number of ether oxygens (including phenoxy) is 3. The van der Waals surface area contributed by atoms with E-state index >= 15 is 0 Å². The molecule has 0 aromatic rings. The van der Waals surface area contributed by atoms with E-state index in [2.05, 4.69) is 130 Å². The minimum atomic E-state index is -0.793. The topological polar surface area (TPSA) is 78.9 Å². The van der Waals surface area contributed by atoms with E-state index in [0.717, 1.165) is 128 Å². The molecule has 6 nitrogen and oxygen atoms in total. The average molecular weight is 1030 g/mol. The number of unbranched alkanes of at least 4 members (excludes halogenated alkanes) is 26. The van der Waals surface area contributed by atoms with Gasteiger partial charge in [-0.05, 0) is 122 Å². The van der Waals surface area contributed by atoms with Gasteiger partial charge in [0.1, 0.15) is 13.2 Å². The Kier molecular flexibility index (Phi) is 58.3. The van der Waals surface area contributed by atoms with E-state index in [0.29, 0.717) is 19.3 Å². The first-order valence-corrected chi connectivity index (χ1v) is 30.9. The van der Waals surface area contributed by atoms with Crippen molar-refractivity contribution < 1.29 is 28.6 Å². The Balaban J connectivity index is 4.43. The number of carbonyl (C=O) groups is 3. The molecule has 0 rings (SSSR count). The lowest BCUT2D eigenvalue weighted by atomic mass is 10.1. The fraction of sp³-hybridized carbons (Fsp3) is 0.691. The number of carbonyl (C=O) groups excluding carboxylic acids is 3. The minimum absolute atomic E-state index is 0.0897. The molecule has 0 saturated carbocycles. The molecule has 74 heavy (non-hydrogen) atoms. The van der Waals surface area contributed by atoms with Crippen LogP contribution in [0.2, 0.25) is 0 Å². The predicted molar refractivity (Wildman–Crippen MR) is 320 cm³/mol. The van der Waals surface area contributed by atoms with Crippen molar-refractivity contribution >= 4 is 17.9 Å². The van der Waals surface area contributed by atoms with Gasteiger partial charge in [-0.15, -0.1) is 0 Å². The highest BCUT2D eigenvalue weighted by molar-refractivity contribution is 5.71. The molecule has 0 spiro atoms. The van der Waals surface area contributed by atoms with Crippen LogP contribution in [-0.4, -0.2) is 37.2 Å². The first-order chi connectivity index (χ1) is 36.5. The first kappa shape index (κ1) is 70.1. The van der Waals surface area contributed by atoms with Gasteiger partial charge in [-0.3, -0.25) is 14.4 Å². The Bertz CT molecular complexity index is 1510. The fourth-order valence-corrected chi connectivity index (χ4v) is 8.42. The van der Waals surface area contributed by atoms with Gasteiger partial charge in [-0.2, -0.15) is 0 Å². The summed E-state index contributed by atoms with van der Waals surface area (Å²) >= 11 is 0. The van der Waals surface area contributed by atoms with Crippen LogP contribution in [-0.2, 0) is 28.6 Å². The van der Waals surface area contributed by atoms with Crippen molar-refractivity contribution in [2.75, 3.05) is 13.2 Å². The minimum Gasteiger partial charge on any atom is -0.462 e. The zero-order valence-corrected chi connectivity index (χ0v) is 48.3. The van der Waals surface area contributed by atoms with Crippen LogP contribution in [0.5, 0.6) is 0 Å². The van der Waals surface area contributed by atoms with E-state index in [1.54, 1.807) is 0 Å². The van der Waals surface area contributed by atoms with Crippen LogP contribution in [0, 0.1) is 0 Å². The molecule has 0 saturated heterocycles. The maximum Gasteiger partial charge on any atom is 0.306 e. The second-order valence-electron chi connectivity index (χ2n) is 20.2. The normalized spacial score (nSPS) is 12.9. The molecule has 0 bridgehead atoms. The van der Waals surface area contributed by atoms with Crippen molar-refractivity contribution in [3.05, 3.63) is 109 Å². The van der Waals surface area contributed by atoms with E-state index in [4.69, 9.17) is 14.2 Å². The van der Waals surface area contributed by atoms with Gasteiger partial charge in [0.05, 0.1) is 0 Å². The molecule has 1 unspecified atom stereocenters. The molecule has 422 valence electrons. The highest BCUT2D eigenvalue weighted by Gasteiger charge is 2.19. The number of rotatable bonds is 55. The van der Waals surface area contributed by atoms with Gasteiger partial charge in [0, 0.05) is 19.3 Å². The molecule has 6 heteroatoms. The molecule has 0 heterocycles. The van der Waals surface area contributed by atoms with Crippen LogP contribution < -0.4 is 0 Å². The average Bonchev–Trinajstić information content (AvgIpc) is 3.40. The van der Waals surface area contributed by atoms with Crippen LogP contribution in [0.25, 0.3) is 0 Å². The molecule has 0 aromatic heterocycles. The van der Waals surface area contributed by atoms with Crippen molar-refractivity contribution in [3.8, 4) is 0 Å². The van der Waals surface area contributed by atoms with Gasteiger partial charge < -0.3 is 14.2 Å². The molecule has 1 atom stereocenters. The summed E-state index contributed by atoms with van der Waals surface area (Å²) in [7, 11) is 0. The van der Waals surface area contributed by atoms with Crippen LogP contribution in [0.1, 0.15) is 284 Å². The zero-order valence-electron chi connectivity index (χ0n) is 48.3. The van der Waals surface area contributed by atoms with E-state index < -0.39 is 6.10 Å². The smallest absolute Gasteiger partial charge is 0.306 e. The Morgan fingerprint density at radius 2 is 0.527 bits per heavy atom. The highest BCUT2D eigenvalue weighted by atomic mass is 16.6. The lowest BCUT2D eigenvalue weighted by molar-refractivity contribution is -0.167. The molecule has 0 aliphatic heterocycles. The third kappa shape index (κ3) is 59.0. The van der Waals surface area contributed by atoms with Gasteiger partial charge in [-0.25, -0.2) is 0 Å². The highest BCUT2D eigenvalue weighted by Crippen LogP contribution is 2.15. The van der Waals surface area contributed by atoms with E-state index in [9.17, 15) is 14.4 Å². The van der Waals surface area contributed by atoms with E-state index in [1.165, 1.54) is 116 Å². The summed E-state index contributed by atoms with van der Waals surface area (Å²) in [5.41, 5.74) is 0. The summed E-state index contributed by atoms with van der Waals surface area (Å²) in [6, 6.07) is 0. The summed E-state index contributed by atoms with van der Waals surface area (Å²) < 4.78 is 16.9. The monoisotopic (exact) mass is 1030 g/mol. The van der Waals surface area contributed by atoms with Crippen molar-refractivity contribution in [1.82, 2.24) is 0 Å². The van der Waals surface area contributed by atoms with Crippen LogP contribution in [0.3, 0.4) is 0 Å². The van der Waals surface area contributed by atoms with Crippen LogP contribution in [0.15, 0.2) is 109 Å². The summed E-state index contributed by atoms with van der Waals surface area (Å²) in [5.74, 6) is -0.909. The van der Waals surface area contributed by atoms with Gasteiger partial charge >= 0.3 is 17.9 Å². The van der Waals surface area contributed by atoms with Crippen LogP contribution >= 0.6 is 0 Å². The summed E-state index contributed by atoms with van der Waals surface area (Å²) in [4.78, 5) is 38.3. The Morgan fingerprint density at radius 1 is 0.284 bits per heavy atom. The summed E-state index contributed by atoms with van der Waals surface area (Å²) in [5, 5.41) is 0. The number of hydrogen-bond acceptors (Lipinski definition) is 6. The first-order valence-electron chi connectivity index (χ1n) is 30.9. The van der Waals surface area contributed by atoms with Gasteiger partial charge in [-0.1, -0.05) is 252 Å². The lowest BCUT2D eigenvalue weighted by Crippen LogP contribution is -2.30.